The molecule has 8 nitrogen and oxygen atoms in total. The Bertz CT molecular complexity index is 901. The number of anilines is 4. The SMILES string of the molecule is Cc1ccnc(Nc2ncnc(N(C)c3ccccc3)c2[N+](=O)[O-])c1. The summed E-state index contributed by atoms with van der Waals surface area (Å²) in [7, 11) is 1.72. The second kappa shape index (κ2) is 6.91. The molecule has 0 amide bonds. The van der Waals surface area contributed by atoms with Crippen LogP contribution in [0, 0.1) is 17.0 Å². The molecule has 0 aliphatic heterocycles. The van der Waals surface area contributed by atoms with E-state index < -0.39 is 4.92 Å². The Balaban J connectivity index is 2.04. The molecule has 3 rings (SSSR count). The number of pyridine rings is 1. The van der Waals surface area contributed by atoms with Crippen LogP contribution in [0.4, 0.5) is 28.8 Å². The van der Waals surface area contributed by atoms with Gasteiger partial charge in [0.15, 0.2) is 0 Å². The van der Waals surface area contributed by atoms with E-state index in [0.717, 1.165) is 11.3 Å². The van der Waals surface area contributed by atoms with Crippen molar-refractivity contribution in [3.63, 3.8) is 0 Å². The van der Waals surface area contributed by atoms with E-state index in [-0.39, 0.29) is 17.3 Å². The lowest BCUT2D eigenvalue weighted by atomic mass is 10.3. The maximum atomic E-state index is 11.7. The second-order valence-corrected chi connectivity index (χ2v) is 5.39. The predicted octanol–water partition coefficient (Wildman–Crippen LogP) is 3.60. The topological polar surface area (TPSA) is 97.1 Å². The summed E-state index contributed by atoms with van der Waals surface area (Å²) in [5.41, 5.74) is 1.55. The fraction of sp³-hybridized carbons (Fsp3) is 0.118. The van der Waals surface area contributed by atoms with Crippen molar-refractivity contribution in [2.24, 2.45) is 0 Å². The number of para-hydroxylation sites is 1. The number of aromatic nitrogens is 3. The van der Waals surface area contributed by atoms with Crippen LogP contribution in [0.1, 0.15) is 5.56 Å². The molecular weight excluding hydrogens is 320 g/mol. The van der Waals surface area contributed by atoms with Gasteiger partial charge in [0.1, 0.15) is 12.1 Å². The largest absolute Gasteiger partial charge is 0.354 e. The zero-order valence-electron chi connectivity index (χ0n) is 13.7. The highest BCUT2D eigenvalue weighted by Crippen LogP contribution is 2.35. The quantitative estimate of drug-likeness (QED) is 0.561. The summed E-state index contributed by atoms with van der Waals surface area (Å²) >= 11 is 0. The Hall–Kier alpha value is -3.55. The van der Waals surface area contributed by atoms with Crippen molar-refractivity contribution >= 4 is 28.8 Å². The lowest BCUT2D eigenvalue weighted by Gasteiger charge is -2.18. The average molecular weight is 336 g/mol. The molecule has 0 aliphatic rings. The molecule has 2 aromatic heterocycles. The first-order chi connectivity index (χ1) is 12.1. The smallest absolute Gasteiger partial charge is 0.324 e. The third-order valence-electron chi connectivity index (χ3n) is 3.61. The van der Waals surface area contributed by atoms with Crippen molar-refractivity contribution in [3.8, 4) is 0 Å². The number of benzene rings is 1. The van der Waals surface area contributed by atoms with Gasteiger partial charge in [0.05, 0.1) is 4.92 Å². The first kappa shape index (κ1) is 16.3. The molecule has 0 bridgehead atoms. The van der Waals surface area contributed by atoms with Crippen LogP contribution in [0.25, 0.3) is 0 Å². The average Bonchev–Trinajstić information content (AvgIpc) is 2.61. The molecule has 0 fully saturated rings. The predicted molar refractivity (Wildman–Crippen MR) is 95.4 cm³/mol. The number of hydrogen-bond acceptors (Lipinski definition) is 7. The second-order valence-electron chi connectivity index (χ2n) is 5.39. The summed E-state index contributed by atoms with van der Waals surface area (Å²) in [6.45, 7) is 1.91. The molecule has 0 saturated carbocycles. The molecule has 1 aromatic carbocycles. The van der Waals surface area contributed by atoms with E-state index in [4.69, 9.17) is 0 Å². The fourth-order valence-corrected chi connectivity index (χ4v) is 2.37. The minimum atomic E-state index is -0.493. The van der Waals surface area contributed by atoms with Crippen LogP contribution in [-0.4, -0.2) is 26.9 Å². The maximum Gasteiger partial charge on any atom is 0.354 e. The van der Waals surface area contributed by atoms with Crippen LogP contribution in [0.5, 0.6) is 0 Å². The summed E-state index contributed by atoms with van der Waals surface area (Å²) in [6.07, 6.45) is 2.92. The summed E-state index contributed by atoms with van der Waals surface area (Å²) in [4.78, 5) is 25.1. The molecule has 1 N–H and O–H groups in total. The zero-order chi connectivity index (χ0) is 17.8. The van der Waals surface area contributed by atoms with Crippen LogP contribution in [0.3, 0.4) is 0 Å². The number of nitro groups is 1. The Morgan fingerprint density at radius 1 is 1.12 bits per heavy atom. The van der Waals surface area contributed by atoms with Crippen molar-refractivity contribution in [1.29, 1.82) is 0 Å². The molecule has 0 atom stereocenters. The van der Waals surface area contributed by atoms with Crippen LogP contribution >= 0.6 is 0 Å². The molecule has 3 aromatic rings. The van der Waals surface area contributed by atoms with Gasteiger partial charge < -0.3 is 10.2 Å². The molecule has 0 spiro atoms. The normalized spacial score (nSPS) is 10.3. The van der Waals surface area contributed by atoms with E-state index in [1.165, 1.54) is 6.33 Å². The Morgan fingerprint density at radius 2 is 1.88 bits per heavy atom. The van der Waals surface area contributed by atoms with Gasteiger partial charge in [-0.3, -0.25) is 10.1 Å². The summed E-state index contributed by atoms with van der Waals surface area (Å²) < 4.78 is 0. The Morgan fingerprint density at radius 3 is 2.56 bits per heavy atom. The Labute approximate surface area is 144 Å². The zero-order valence-corrected chi connectivity index (χ0v) is 13.7. The Kier molecular flexibility index (Phi) is 4.51. The summed E-state index contributed by atoms with van der Waals surface area (Å²) in [5.74, 6) is 0.771. The van der Waals surface area contributed by atoms with E-state index in [1.54, 1.807) is 24.2 Å². The minimum Gasteiger partial charge on any atom is -0.324 e. The number of hydrogen-bond donors (Lipinski definition) is 1. The maximum absolute atomic E-state index is 11.7. The van der Waals surface area contributed by atoms with E-state index in [2.05, 4.69) is 20.3 Å². The number of rotatable bonds is 5. The van der Waals surface area contributed by atoms with Crippen molar-refractivity contribution < 1.29 is 4.92 Å². The highest BCUT2D eigenvalue weighted by molar-refractivity contribution is 5.77. The van der Waals surface area contributed by atoms with Crippen molar-refractivity contribution in [2.45, 2.75) is 6.92 Å². The van der Waals surface area contributed by atoms with Gasteiger partial charge in [0.25, 0.3) is 0 Å². The molecule has 8 heteroatoms. The number of nitrogens with one attached hydrogen (secondary N) is 1. The highest BCUT2D eigenvalue weighted by Gasteiger charge is 2.26. The highest BCUT2D eigenvalue weighted by atomic mass is 16.6. The van der Waals surface area contributed by atoms with Crippen molar-refractivity contribution in [3.05, 3.63) is 70.7 Å². The van der Waals surface area contributed by atoms with Crippen LogP contribution in [0.2, 0.25) is 0 Å². The molecule has 126 valence electrons. The first-order valence-electron chi connectivity index (χ1n) is 7.54. The van der Waals surface area contributed by atoms with E-state index in [0.29, 0.717) is 5.82 Å². The molecular formula is C17H16N6O2. The lowest BCUT2D eigenvalue weighted by molar-refractivity contribution is -0.383. The molecule has 25 heavy (non-hydrogen) atoms. The molecule has 0 aliphatic carbocycles. The molecule has 0 radical (unpaired) electrons. The monoisotopic (exact) mass is 336 g/mol. The number of nitrogens with zero attached hydrogens (tertiary/aromatic N) is 5. The fourth-order valence-electron chi connectivity index (χ4n) is 2.37. The number of aryl methyl sites for hydroxylation is 1. The van der Waals surface area contributed by atoms with Gasteiger partial charge in [0, 0.05) is 18.9 Å². The molecule has 2 heterocycles. The van der Waals surface area contributed by atoms with E-state index in [9.17, 15) is 10.1 Å². The third kappa shape index (κ3) is 3.52. The third-order valence-corrected chi connectivity index (χ3v) is 3.61. The van der Waals surface area contributed by atoms with Gasteiger partial charge in [-0.15, -0.1) is 0 Å². The minimum absolute atomic E-state index is 0.0934. The van der Waals surface area contributed by atoms with Gasteiger partial charge in [-0.05, 0) is 36.8 Å². The van der Waals surface area contributed by atoms with Crippen molar-refractivity contribution in [2.75, 3.05) is 17.3 Å². The van der Waals surface area contributed by atoms with Crippen LogP contribution < -0.4 is 10.2 Å². The van der Waals surface area contributed by atoms with Gasteiger partial charge in [-0.1, -0.05) is 18.2 Å². The van der Waals surface area contributed by atoms with E-state index >= 15 is 0 Å². The van der Waals surface area contributed by atoms with E-state index in [1.807, 2.05) is 43.3 Å². The van der Waals surface area contributed by atoms with Crippen LogP contribution in [0.15, 0.2) is 55.0 Å². The van der Waals surface area contributed by atoms with Gasteiger partial charge >= 0.3 is 5.69 Å². The van der Waals surface area contributed by atoms with Gasteiger partial charge in [-0.25, -0.2) is 15.0 Å². The van der Waals surface area contributed by atoms with Crippen molar-refractivity contribution in [1.82, 2.24) is 15.0 Å². The van der Waals surface area contributed by atoms with Gasteiger partial charge in [0.2, 0.25) is 11.6 Å². The summed E-state index contributed by atoms with van der Waals surface area (Å²) in [5, 5.41) is 14.6. The molecule has 0 unspecified atom stereocenters. The first-order valence-corrected chi connectivity index (χ1v) is 7.54. The molecule has 0 saturated heterocycles. The summed E-state index contributed by atoms with van der Waals surface area (Å²) in [6, 6.07) is 12.9. The standard InChI is InChI=1S/C17H16N6O2/c1-12-8-9-18-14(10-12)21-16-15(23(24)25)17(20-11-19-16)22(2)13-6-4-3-5-7-13/h3-11H,1-2H3,(H,18,19,20,21). The van der Waals surface area contributed by atoms with Gasteiger partial charge in [-0.2, -0.15) is 0 Å². The van der Waals surface area contributed by atoms with Crippen LogP contribution in [-0.2, 0) is 0 Å². The lowest BCUT2D eigenvalue weighted by Crippen LogP contribution is -2.15.